The van der Waals surface area contributed by atoms with Crippen LogP contribution in [0.15, 0.2) is 23.0 Å². The zero-order chi connectivity index (χ0) is 14.7. The summed E-state index contributed by atoms with van der Waals surface area (Å²) in [6, 6.07) is 4.65. The first-order chi connectivity index (χ1) is 9.45. The van der Waals surface area contributed by atoms with Gasteiger partial charge in [0.05, 0.1) is 12.1 Å². The number of nitrogens with zero attached hydrogens (tertiary/aromatic N) is 4. The van der Waals surface area contributed by atoms with Crippen LogP contribution in [0.5, 0.6) is 0 Å². The molecule has 0 saturated heterocycles. The predicted molar refractivity (Wildman–Crippen MR) is 70.9 cm³/mol. The molecule has 0 radical (unpaired) electrons. The molecular formula is C13H14N4O3. The summed E-state index contributed by atoms with van der Waals surface area (Å²) in [5, 5.41) is 12.8. The summed E-state index contributed by atoms with van der Waals surface area (Å²) in [7, 11) is 0. The van der Waals surface area contributed by atoms with Gasteiger partial charge < -0.3 is 5.11 Å². The molecule has 7 heteroatoms. The van der Waals surface area contributed by atoms with Crippen molar-refractivity contribution in [1.29, 1.82) is 0 Å². The minimum Gasteiger partial charge on any atom is -0.481 e. The molecule has 104 valence electrons. The van der Waals surface area contributed by atoms with Gasteiger partial charge in [-0.3, -0.25) is 9.59 Å². The fourth-order valence-corrected chi connectivity index (χ4v) is 1.76. The van der Waals surface area contributed by atoms with Gasteiger partial charge in [-0.05, 0) is 26.0 Å². The summed E-state index contributed by atoms with van der Waals surface area (Å²) in [6.07, 6.45) is 0.208. The standard InChI is InChI=1S/C13H14N4O3/c1-8-7-9(2)15-13(14-8)17-11(18)5-3-10(16-17)4-6-12(19)20/h3,5,7H,4,6H2,1-2H3,(H,19,20). The Morgan fingerprint density at radius 3 is 2.50 bits per heavy atom. The summed E-state index contributed by atoms with van der Waals surface area (Å²) in [4.78, 5) is 30.7. The van der Waals surface area contributed by atoms with Gasteiger partial charge in [-0.1, -0.05) is 0 Å². The van der Waals surface area contributed by atoms with Crippen molar-refractivity contribution in [3.63, 3.8) is 0 Å². The van der Waals surface area contributed by atoms with Gasteiger partial charge in [-0.2, -0.15) is 9.78 Å². The molecule has 2 rings (SSSR count). The van der Waals surface area contributed by atoms with Crippen molar-refractivity contribution in [1.82, 2.24) is 19.7 Å². The maximum absolute atomic E-state index is 11.8. The van der Waals surface area contributed by atoms with Crippen molar-refractivity contribution in [3.05, 3.63) is 45.6 Å². The Morgan fingerprint density at radius 1 is 1.25 bits per heavy atom. The maximum Gasteiger partial charge on any atom is 0.303 e. The van der Waals surface area contributed by atoms with Gasteiger partial charge in [0, 0.05) is 23.9 Å². The number of hydrogen-bond donors (Lipinski definition) is 1. The van der Waals surface area contributed by atoms with Crippen molar-refractivity contribution >= 4 is 5.97 Å². The number of aromatic nitrogens is 4. The van der Waals surface area contributed by atoms with Gasteiger partial charge in [0.15, 0.2) is 0 Å². The molecule has 2 aromatic heterocycles. The van der Waals surface area contributed by atoms with E-state index in [2.05, 4.69) is 15.1 Å². The second-order valence-electron chi connectivity index (χ2n) is 4.42. The lowest BCUT2D eigenvalue weighted by Crippen LogP contribution is -2.24. The number of carbonyl (C=O) groups is 1. The largest absolute Gasteiger partial charge is 0.481 e. The SMILES string of the molecule is Cc1cc(C)nc(-n2nc(CCC(=O)O)ccc2=O)n1. The molecule has 0 saturated carbocycles. The topological polar surface area (TPSA) is 98.0 Å². The Labute approximate surface area is 114 Å². The van der Waals surface area contributed by atoms with Crippen LogP contribution in [0.25, 0.3) is 5.95 Å². The molecule has 0 spiro atoms. The molecule has 0 amide bonds. The lowest BCUT2D eigenvalue weighted by Gasteiger charge is -2.06. The average Bonchev–Trinajstić information content (AvgIpc) is 2.36. The van der Waals surface area contributed by atoms with Crippen LogP contribution in [-0.2, 0) is 11.2 Å². The van der Waals surface area contributed by atoms with E-state index < -0.39 is 5.97 Å². The zero-order valence-electron chi connectivity index (χ0n) is 11.2. The first-order valence-corrected chi connectivity index (χ1v) is 6.09. The number of rotatable bonds is 4. The molecule has 2 aromatic rings. The van der Waals surface area contributed by atoms with Gasteiger partial charge in [-0.25, -0.2) is 9.97 Å². The molecule has 0 atom stereocenters. The van der Waals surface area contributed by atoms with E-state index in [1.54, 1.807) is 19.9 Å². The Kier molecular flexibility index (Phi) is 3.88. The number of aryl methyl sites for hydroxylation is 3. The van der Waals surface area contributed by atoms with Gasteiger partial charge in [0.1, 0.15) is 0 Å². The van der Waals surface area contributed by atoms with Crippen LogP contribution in [0.2, 0.25) is 0 Å². The van der Waals surface area contributed by atoms with Crippen LogP contribution in [0.3, 0.4) is 0 Å². The van der Waals surface area contributed by atoms with Crippen LogP contribution in [0, 0.1) is 13.8 Å². The van der Waals surface area contributed by atoms with Crippen LogP contribution in [0.4, 0.5) is 0 Å². The predicted octanol–water partition coefficient (Wildman–Crippen LogP) is 0.657. The van der Waals surface area contributed by atoms with Crippen molar-refractivity contribution in [2.75, 3.05) is 0 Å². The Balaban J connectivity index is 2.42. The van der Waals surface area contributed by atoms with Crippen LogP contribution in [0.1, 0.15) is 23.5 Å². The van der Waals surface area contributed by atoms with Gasteiger partial charge in [-0.15, -0.1) is 0 Å². The molecule has 2 heterocycles. The minimum absolute atomic E-state index is 0.0428. The van der Waals surface area contributed by atoms with Crippen molar-refractivity contribution in [2.24, 2.45) is 0 Å². The first kappa shape index (κ1) is 13.9. The third-order valence-corrected chi connectivity index (χ3v) is 2.61. The average molecular weight is 274 g/mol. The fourth-order valence-electron chi connectivity index (χ4n) is 1.76. The highest BCUT2D eigenvalue weighted by molar-refractivity contribution is 5.66. The molecule has 0 bridgehead atoms. The molecule has 1 N–H and O–H groups in total. The van der Waals surface area contributed by atoms with Crippen LogP contribution >= 0.6 is 0 Å². The zero-order valence-corrected chi connectivity index (χ0v) is 11.2. The third-order valence-electron chi connectivity index (χ3n) is 2.61. The smallest absolute Gasteiger partial charge is 0.303 e. The van der Waals surface area contributed by atoms with E-state index >= 15 is 0 Å². The normalized spacial score (nSPS) is 10.5. The fraction of sp³-hybridized carbons (Fsp3) is 0.308. The number of aliphatic carboxylic acids is 1. The monoisotopic (exact) mass is 274 g/mol. The van der Waals surface area contributed by atoms with E-state index in [4.69, 9.17) is 5.11 Å². The number of carboxylic acid groups (broad SMARTS) is 1. The second kappa shape index (κ2) is 5.60. The molecule has 0 aromatic carbocycles. The van der Waals surface area contributed by atoms with Crippen molar-refractivity contribution < 1.29 is 9.90 Å². The molecule has 0 unspecified atom stereocenters. The highest BCUT2D eigenvalue weighted by Crippen LogP contribution is 2.03. The Hall–Kier alpha value is -2.57. The summed E-state index contributed by atoms with van der Waals surface area (Å²) in [5.41, 5.74) is 1.62. The summed E-state index contributed by atoms with van der Waals surface area (Å²) in [6.45, 7) is 3.61. The molecule has 20 heavy (non-hydrogen) atoms. The lowest BCUT2D eigenvalue weighted by molar-refractivity contribution is -0.136. The maximum atomic E-state index is 11.8. The van der Waals surface area contributed by atoms with E-state index in [-0.39, 0.29) is 24.3 Å². The lowest BCUT2D eigenvalue weighted by atomic mass is 10.2. The van der Waals surface area contributed by atoms with Crippen LogP contribution < -0.4 is 5.56 Å². The molecule has 0 fully saturated rings. The quantitative estimate of drug-likeness (QED) is 0.879. The van der Waals surface area contributed by atoms with E-state index in [0.29, 0.717) is 5.69 Å². The van der Waals surface area contributed by atoms with Crippen molar-refractivity contribution in [3.8, 4) is 5.95 Å². The first-order valence-electron chi connectivity index (χ1n) is 6.09. The number of hydrogen-bond acceptors (Lipinski definition) is 5. The van der Waals surface area contributed by atoms with E-state index in [1.165, 1.54) is 12.1 Å². The van der Waals surface area contributed by atoms with E-state index in [0.717, 1.165) is 16.1 Å². The van der Waals surface area contributed by atoms with Gasteiger partial charge in [0.25, 0.3) is 11.5 Å². The Bertz CT molecular complexity index is 689. The summed E-state index contributed by atoms with van der Waals surface area (Å²) < 4.78 is 1.09. The summed E-state index contributed by atoms with van der Waals surface area (Å²) in [5.74, 6) is -0.711. The van der Waals surface area contributed by atoms with Gasteiger partial charge in [0.2, 0.25) is 0 Å². The molecule has 0 aliphatic rings. The van der Waals surface area contributed by atoms with Crippen molar-refractivity contribution in [2.45, 2.75) is 26.7 Å². The third kappa shape index (κ3) is 3.25. The highest BCUT2D eigenvalue weighted by Gasteiger charge is 2.08. The van der Waals surface area contributed by atoms with E-state index in [9.17, 15) is 9.59 Å². The second-order valence-corrected chi connectivity index (χ2v) is 4.42. The molecular weight excluding hydrogens is 260 g/mol. The van der Waals surface area contributed by atoms with Gasteiger partial charge >= 0.3 is 5.97 Å². The Morgan fingerprint density at radius 2 is 1.90 bits per heavy atom. The highest BCUT2D eigenvalue weighted by atomic mass is 16.4. The molecule has 0 aliphatic carbocycles. The van der Waals surface area contributed by atoms with Crippen LogP contribution in [-0.4, -0.2) is 30.8 Å². The minimum atomic E-state index is -0.910. The number of carboxylic acids is 1. The van der Waals surface area contributed by atoms with E-state index in [1.807, 2.05) is 0 Å². The molecule has 0 aliphatic heterocycles. The molecule has 7 nitrogen and oxygen atoms in total. The summed E-state index contributed by atoms with van der Waals surface area (Å²) >= 11 is 0.